The molecule has 0 unspecified atom stereocenters. The van der Waals surface area contributed by atoms with Gasteiger partial charge in [0, 0.05) is 0 Å². The standard InChI is InChI=1S/C6H7F5O3/c1-13-4(12)2-14-3-5(7,8)6(9,10)11/h2-3H2,1H3. The number of methoxy groups -OCH3 is 1. The summed E-state index contributed by atoms with van der Waals surface area (Å²) in [5, 5.41) is 0. The molecule has 0 aromatic heterocycles. The van der Waals surface area contributed by atoms with Crippen LogP contribution in [-0.2, 0) is 14.3 Å². The van der Waals surface area contributed by atoms with Crippen LogP contribution in [-0.4, -0.2) is 38.4 Å². The Balaban J connectivity index is 3.95. The van der Waals surface area contributed by atoms with Gasteiger partial charge in [-0.1, -0.05) is 0 Å². The van der Waals surface area contributed by atoms with Crippen LogP contribution >= 0.6 is 0 Å². The quantitative estimate of drug-likeness (QED) is 0.532. The number of halogens is 5. The SMILES string of the molecule is COC(=O)COCC(F)(F)C(F)(F)F. The maximum absolute atomic E-state index is 12.1. The lowest BCUT2D eigenvalue weighted by Crippen LogP contribution is -2.41. The van der Waals surface area contributed by atoms with Gasteiger partial charge in [0.2, 0.25) is 0 Å². The third-order valence-electron chi connectivity index (χ3n) is 1.15. The zero-order chi connectivity index (χ0) is 11.4. The molecule has 8 heteroatoms. The van der Waals surface area contributed by atoms with Crippen molar-refractivity contribution in [2.45, 2.75) is 12.1 Å². The minimum Gasteiger partial charge on any atom is -0.467 e. The second-order valence-electron chi connectivity index (χ2n) is 2.27. The van der Waals surface area contributed by atoms with Crippen LogP contribution in [0.3, 0.4) is 0 Å². The molecule has 0 N–H and O–H groups in total. The Kier molecular flexibility index (Phi) is 4.24. The Morgan fingerprint density at radius 2 is 1.71 bits per heavy atom. The van der Waals surface area contributed by atoms with Crippen molar-refractivity contribution >= 4 is 5.97 Å². The molecule has 0 saturated carbocycles. The number of ether oxygens (including phenoxy) is 2. The molecule has 0 aromatic carbocycles. The molecule has 0 aromatic rings. The zero-order valence-electron chi connectivity index (χ0n) is 7.03. The highest BCUT2D eigenvalue weighted by molar-refractivity contribution is 5.70. The van der Waals surface area contributed by atoms with E-state index in [1.54, 1.807) is 0 Å². The van der Waals surface area contributed by atoms with Gasteiger partial charge < -0.3 is 9.47 Å². The molecular weight excluding hydrogens is 215 g/mol. The van der Waals surface area contributed by atoms with Crippen LogP contribution in [0.5, 0.6) is 0 Å². The third kappa shape index (κ3) is 3.86. The lowest BCUT2D eigenvalue weighted by Gasteiger charge is -2.18. The second kappa shape index (κ2) is 4.54. The summed E-state index contributed by atoms with van der Waals surface area (Å²) in [7, 11) is 0.952. The summed E-state index contributed by atoms with van der Waals surface area (Å²) >= 11 is 0. The van der Waals surface area contributed by atoms with Gasteiger partial charge in [-0.2, -0.15) is 22.0 Å². The highest BCUT2D eigenvalue weighted by Crippen LogP contribution is 2.35. The smallest absolute Gasteiger partial charge is 0.455 e. The Bertz CT molecular complexity index is 200. The van der Waals surface area contributed by atoms with Gasteiger partial charge in [0.1, 0.15) is 13.2 Å². The van der Waals surface area contributed by atoms with E-state index in [0.29, 0.717) is 0 Å². The minimum absolute atomic E-state index is 0.942. The molecule has 0 aliphatic rings. The van der Waals surface area contributed by atoms with Crippen molar-refractivity contribution in [3.63, 3.8) is 0 Å². The van der Waals surface area contributed by atoms with Crippen LogP contribution in [0.25, 0.3) is 0 Å². The average molecular weight is 222 g/mol. The van der Waals surface area contributed by atoms with Crippen LogP contribution < -0.4 is 0 Å². The summed E-state index contributed by atoms with van der Waals surface area (Å²) in [5.41, 5.74) is 0. The molecule has 0 aliphatic heterocycles. The second-order valence-corrected chi connectivity index (χ2v) is 2.27. The van der Waals surface area contributed by atoms with E-state index >= 15 is 0 Å². The molecule has 0 radical (unpaired) electrons. The highest BCUT2D eigenvalue weighted by Gasteiger charge is 2.57. The van der Waals surface area contributed by atoms with E-state index in [1.165, 1.54) is 0 Å². The molecule has 14 heavy (non-hydrogen) atoms. The number of esters is 1. The fraction of sp³-hybridized carbons (Fsp3) is 0.833. The molecule has 84 valence electrons. The van der Waals surface area contributed by atoms with Gasteiger partial charge in [-0.05, 0) is 0 Å². The van der Waals surface area contributed by atoms with Crippen LogP contribution in [0.2, 0.25) is 0 Å². The van der Waals surface area contributed by atoms with Gasteiger partial charge in [0.05, 0.1) is 7.11 Å². The van der Waals surface area contributed by atoms with Crippen molar-refractivity contribution in [2.75, 3.05) is 20.3 Å². The predicted octanol–water partition coefficient (Wildman–Crippen LogP) is 1.37. The summed E-state index contributed by atoms with van der Waals surface area (Å²) in [6.45, 7) is -2.84. The summed E-state index contributed by atoms with van der Waals surface area (Å²) < 4.78 is 66.4. The van der Waals surface area contributed by atoms with E-state index < -0.39 is 31.3 Å². The fourth-order valence-electron chi connectivity index (χ4n) is 0.403. The maximum Gasteiger partial charge on any atom is 0.455 e. The number of carbonyl (C=O) groups excluding carboxylic acids is 1. The zero-order valence-corrected chi connectivity index (χ0v) is 7.03. The first-order chi connectivity index (χ1) is 6.20. The van der Waals surface area contributed by atoms with Crippen molar-refractivity contribution in [1.82, 2.24) is 0 Å². The molecule has 0 amide bonds. The monoisotopic (exact) mass is 222 g/mol. The van der Waals surface area contributed by atoms with Crippen LogP contribution in [0.15, 0.2) is 0 Å². The lowest BCUT2D eigenvalue weighted by molar-refractivity contribution is -0.296. The molecule has 0 aliphatic carbocycles. The number of hydrogen-bond acceptors (Lipinski definition) is 3. The third-order valence-corrected chi connectivity index (χ3v) is 1.15. The van der Waals surface area contributed by atoms with E-state index in [2.05, 4.69) is 9.47 Å². The highest BCUT2D eigenvalue weighted by atomic mass is 19.4. The first-order valence-corrected chi connectivity index (χ1v) is 3.30. The molecule has 0 saturated heterocycles. The molecule has 0 spiro atoms. The van der Waals surface area contributed by atoms with Crippen molar-refractivity contribution < 1.29 is 36.2 Å². The van der Waals surface area contributed by atoms with E-state index in [0.717, 1.165) is 7.11 Å². The Hall–Kier alpha value is -0.920. The summed E-state index contributed by atoms with van der Waals surface area (Å²) in [6.07, 6.45) is -5.68. The summed E-state index contributed by atoms with van der Waals surface area (Å²) in [4.78, 5) is 10.3. The first-order valence-electron chi connectivity index (χ1n) is 3.30. The van der Waals surface area contributed by atoms with Gasteiger partial charge in [-0.15, -0.1) is 0 Å². The van der Waals surface area contributed by atoms with Crippen LogP contribution in [0.4, 0.5) is 22.0 Å². The van der Waals surface area contributed by atoms with Gasteiger partial charge in [0.15, 0.2) is 0 Å². The lowest BCUT2D eigenvalue weighted by atomic mass is 10.3. The van der Waals surface area contributed by atoms with Crippen LogP contribution in [0.1, 0.15) is 0 Å². The average Bonchev–Trinajstić information content (AvgIpc) is 2.01. The number of hydrogen-bond donors (Lipinski definition) is 0. The minimum atomic E-state index is -5.68. The summed E-state index contributed by atoms with van der Waals surface area (Å²) in [5.74, 6) is -5.98. The van der Waals surface area contributed by atoms with E-state index in [-0.39, 0.29) is 0 Å². The number of alkyl halides is 5. The van der Waals surface area contributed by atoms with Gasteiger partial charge in [0.25, 0.3) is 0 Å². The van der Waals surface area contributed by atoms with Crippen molar-refractivity contribution in [2.24, 2.45) is 0 Å². The first kappa shape index (κ1) is 13.1. The maximum atomic E-state index is 12.1. The molecule has 0 heterocycles. The molecular formula is C6H7F5O3. The Morgan fingerprint density at radius 1 is 1.21 bits per heavy atom. The van der Waals surface area contributed by atoms with Gasteiger partial charge in [-0.25, -0.2) is 4.79 Å². The normalized spacial score (nSPS) is 12.7. The van der Waals surface area contributed by atoms with Crippen molar-refractivity contribution in [1.29, 1.82) is 0 Å². The Morgan fingerprint density at radius 3 is 2.07 bits per heavy atom. The largest absolute Gasteiger partial charge is 0.467 e. The van der Waals surface area contributed by atoms with Gasteiger partial charge in [-0.3, -0.25) is 0 Å². The van der Waals surface area contributed by atoms with Crippen LogP contribution in [0, 0.1) is 0 Å². The molecule has 3 nitrogen and oxygen atoms in total. The van der Waals surface area contributed by atoms with E-state index in [9.17, 15) is 26.7 Å². The molecule has 0 bridgehead atoms. The Labute approximate surface area is 75.8 Å². The van der Waals surface area contributed by atoms with Crippen molar-refractivity contribution in [3.8, 4) is 0 Å². The van der Waals surface area contributed by atoms with Crippen molar-refractivity contribution in [3.05, 3.63) is 0 Å². The van der Waals surface area contributed by atoms with E-state index in [4.69, 9.17) is 0 Å². The summed E-state index contributed by atoms with van der Waals surface area (Å²) in [6, 6.07) is 0. The van der Waals surface area contributed by atoms with E-state index in [1.807, 2.05) is 0 Å². The fourth-order valence-corrected chi connectivity index (χ4v) is 0.403. The number of rotatable bonds is 4. The molecule has 0 rings (SSSR count). The molecule has 0 fully saturated rings. The topological polar surface area (TPSA) is 35.5 Å². The predicted molar refractivity (Wildman–Crippen MR) is 33.8 cm³/mol. The number of carbonyl (C=O) groups is 1. The van der Waals surface area contributed by atoms with Gasteiger partial charge >= 0.3 is 18.1 Å². The molecule has 0 atom stereocenters.